The van der Waals surface area contributed by atoms with E-state index in [1.54, 1.807) is 35.1 Å². The maximum atomic E-state index is 13.6. The molecule has 170 valence electrons. The van der Waals surface area contributed by atoms with Crippen molar-refractivity contribution in [3.8, 4) is 11.3 Å². The van der Waals surface area contributed by atoms with Crippen LogP contribution in [0.2, 0.25) is 5.02 Å². The SMILES string of the molecule is Cn1c(=O)n(CC(=O)N(Cc2cccc(Cl)c2)c2ccc(-c3cnc[nH]3)cc2)c2ccccc21. The monoisotopic (exact) mass is 471 g/mol. The summed E-state index contributed by atoms with van der Waals surface area (Å²) in [6.07, 6.45) is 3.37. The summed E-state index contributed by atoms with van der Waals surface area (Å²) in [5.74, 6) is -0.201. The number of imidazole rings is 2. The van der Waals surface area contributed by atoms with Gasteiger partial charge in [0.1, 0.15) is 6.54 Å². The van der Waals surface area contributed by atoms with Crippen LogP contribution in [0.25, 0.3) is 22.3 Å². The average Bonchev–Trinajstić information content (AvgIpc) is 3.47. The van der Waals surface area contributed by atoms with E-state index in [2.05, 4.69) is 9.97 Å². The molecule has 0 aliphatic rings. The van der Waals surface area contributed by atoms with E-state index in [0.29, 0.717) is 11.6 Å². The number of hydrogen-bond acceptors (Lipinski definition) is 3. The summed E-state index contributed by atoms with van der Waals surface area (Å²) in [6.45, 7) is 0.241. The predicted molar refractivity (Wildman–Crippen MR) is 134 cm³/mol. The lowest BCUT2D eigenvalue weighted by molar-refractivity contribution is -0.119. The van der Waals surface area contributed by atoms with Crippen molar-refractivity contribution in [1.82, 2.24) is 19.1 Å². The first-order valence-corrected chi connectivity index (χ1v) is 11.2. The van der Waals surface area contributed by atoms with Gasteiger partial charge >= 0.3 is 5.69 Å². The Kier molecular flexibility index (Phi) is 5.77. The number of hydrogen-bond donors (Lipinski definition) is 1. The van der Waals surface area contributed by atoms with Crippen LogP contribution in [0.15, 0.2) is 90.1 Å². The minimum Gasteiger partial charge on any atom is -0.345 e. The second-order valence-corrected chi connectivity index (χ2v) is 8.47. The van der Waals surface area contributed by atoms with E-state index in [-0.39, 0.29) is 18.1 Å². The number of H-pyrrole nitrogens is 1. The van der Waals surface area contributed by atoms with E-state index in [9.17, 15) is 9.59 Å². The molecule has 2 heterocycles. The summed E-state index contributed by atoms with van der Waals surface area (Å²) in [5, 5.41) is 0.602. The van der Waals surface area contributed by atoms with Crippen molar-refractivity contribution in [1.29, 1.82) is 0 Å². The molecule has 5 rings (SSSR count). The van der Waals surface area contributed by atoms with Crippen molar-refractivity contribution >= 4 is 34.2 Å². The van der Waals surface area contributed by atoms with Crippen molar-refractivity contribution in [2.45, 2.75) is 13.1 Å². The second kappa shape index (κ2) is 9.03. The maximum Gasteiger partial charge on any atom is 0.329 e. The first kappa shape index (κ1) is 21.7. The Morgan fingerprint density at radius 2 is 1.79 bits per heavy atom. The molecule has 0 aliphatic heterocycles. The van der Waals surface area contributed by atoms with Gasteiger partial charge < -0.3 is 9.88 Å². The van der Waals surface area contributed by atoms with Crippen LogP contribution >= 0.6 is 11.6 Å². The Hall–Kier alpha value is -4.10. The molecule has 0 saturated heterocycles. The largest absolute Gasteiger partial charge is 0.345 e. The summed E-state index contributed by atoms with van der Waals surface area (Å²) in [5.41, 5.74) is 4.74. The number of amides is 1. The molecule has 2 aromatic heterocycles. The van der Waals surface area contributed by atoms with Crippen LogP contribution in [0.3, 0.4) is 0 Å². The molecule has 1 N–H and O–H groups in total. The molecule has 34 heavy (non-hydrogen) atoms. The number of para-hydroxylation sites is 2. The van der Waals surface area contributed by atoms with Gasteiger partial charge in [-0.05, 0) is 47.5 Å². The van der Waals surface area contributed by atoms with Gasteiger partial charge in [0.2, 0.25) is 5.91 Å². The van der Waals surface area contributed by atoms with E-state index in [1.807, 2.05) is 66.7 Å². The minimum atomic E-state index is -0.230. The van der Waals surface area contributed by atoms with Gasteiger partial charge in [0.15, 0.2) is 0 Å². The van der Waals surface area contributed by atoms with Gasteiger partial charge in [0, 0.05) is 17.8 Å². The number of nitrogens with zero attached hydrogens (tertiary/aromatic N) is 4. The number of aromatic amines is 1. The van der Waals surface area contributed by atoms with Crippen LogP contribution in [0.4, 0.5) is 5.69 Å². The van der Waals surface area contributed by atoms with Crippen LogP contribution < -0.4 is 10.6 Å². The van der Waals surface area contributed by atoms with Gasteiger partial charge in [0.05, 0.1) is 35.8 Å². The number of halogens is 1. The Balaban J connectivity index is 1.51. The Morgan fingerprint density at radius 3 is 2.50 bits per heavy atom. The fraction of sp³-hybridized carbons (Fsp3) is 0.115. The van der Waals surface area contributed by atoms with Gasteiger partial charge in [-0.1, -0.05) is 48.0 Å². The molecule has 0 atom stereocenters. The zero-order valence-corrected chi connectivity index (χ0v) is 19.2. The third-order valence-electron chi connectivity index (χ3n) is 5.86. The molecule has 8 heteroatoms. The van der Waals surface area contributed by atoms with E-state index >= 15 is 0 Å². The quantitative estimate of drug-likeness (QED) is 0.392. The third kappa shape index (κ3) is 4.13. The zero-order valence-electron chi connectivity index (χ0n) is 18.5. The van der Waals surface area contributed by atoms with Crippen LogP contribution in [-0.2, 0) is 24.9 Å². The normalized spacial score (nSPS) is 11.1. The smallest absolute Gasteiger partial charge is 0.329 e. The molecule has 0 fully saturated rings. The number of nitrogens with one attached hydrogen (secondary N) is 1. The standard InChI is InChI=1S/C26H22ClN5O2/c1-30-23-7-2-3-8-24(23)32(26(30)34)16-25(33)31(15-18-5-4-6-20(27)13-18)21-11-9-19(10-12-21)22-14-28-17-29-22/h2-14,17H,15-16H2,1H3,(H,28,29). The molecule has 0 bridgehead atoms. The first-order chi connectivity index (χ1) is 16.5. The highest BCUT2D eigenvalue weighted by molar-refractivity contribution is 6.30. The summed E-state index contributed by atoms with van der Waals surface area (Å²) >= 11 is 6.19. The van der Waals surface area contributed by atoms with E-state index < -0.39 is 0 Å². The molecule has 7 nitrogen and oxygen atoms in total. The van der Waals surface area contributed by atoms with Crippen LogP contribution in [0, 0.1) is 0 Å². The molecule has 0 saturated carbocycles. The lowest BCUT2D eigenvalue weighted by Gasteiger charge is -2.24. The van der Waals surface area contributed by atoms with Crippen molar-refractivity contribution in [3.05, 3.63) is 106 Å². The van der Waals surface area contributed by atoms with Crippen LogP contribution in [0.1, 0.15) is 5.56 Å². The number of aromatic nitrogens is 4. The molecule has 5 aromatic rings. The van der Waals surface area contributed by atoms with Crippen LogP contribution in [0.5, 0.6) is 0 Å². The zero-order chi connectivity index (χ0) is 23.7. The molecular formula is C26H22ClN5O2. The van der Waals surface area contributed by atoms with E-state index in [0.717, 1.165) is 33.5 Å². The third-order valence-corrected chi connectivity index (χ3v) is 6.10. The van der Waals surface area contributed by atoms with E-state index in [1.165, 1.54) is 4.57 Å². The minimum absolute atomic E-state index is 0.0803. The fourth-order valence-corrected chi connectivity index (χ4v) is 4.33. The van der Waals surface area contributed by atoms with Gasteiger partial charge in [0.25, 0.3) is 0 Å². The van der Waals surface area contributed by atoms with Gasteiger partial charge in [-0.2, -0.15) is 0 Å². The van der Waals surface area contributed by atoms with Crippen LogP contribution in [-0.4, -0.2) is 25.0 Å². The number of anilines is 1. The number of aryl methyl sites for hydroxylation is 1. The van der Waals surface area contributed by atoms with Crippen molar-refractivity contribution in [2.75, 3.05) is 4.90 Å². The summed E-state index contributed by atoms with van der Waals surface area (Å²) in [6, 6.07) is 22.5. The van der Waals surface area contributed by atoms with Crippen molar-refractivity contribution in [2.24, 2.45) is 7.05 Å². The van der Waals surface area contributed by atoms with Crippen molar-refractivity contribution < 1.29 is 4.79 Å². The van der Waals surface area contributed by atoms with Gasteiger partial charge in [-0.15, -0.1) is 0 Å². The number of benzene rings is 3. The van der Waals surface area contributed by atoms with Gasteiger partial charge in [-0.25, -0.2) is 9.78 Å². The topological polar surface area (TPSA) is 75.9 Å². The summed E-state index contributed by atoms with van der Waals surface area (Å²) < 4.78 is 3.07. The number of carbonyl (C=O) groups is 1. The molecule has 0 radical (unpaired) electrons. The van der Waals surface area contributed by atoms with E-state index in [4.69, 9.17) is 11.6 Å². The number of fused-ring (bicyclic) bond motifs is 1. The lowest BCUT2D eigenvalue weighted by atomic mass is 10.1. The summed E-state index contributed by atoms with van der Waals surface area (Å²) in [7, 11) is 1.71. The van der Waals surface area contributed by atoms with Crippen molar-refractivity contribution in [3.63, 3.8) is 0 Å². The average molecular weight is 472 g/mol. The molecular weight excluding hydrogens is 450 g/mol. The Bertz CT molecular complexity index is 1520. The highest BCUT2D eigenvalue weighted by atomic mass is 35.5. The molecule has 1 amide bonds. The predicted octanol–water partition coefficient (Wildman–Crippen LogP) is 4.62. The Morgan fingerprint density at radius 1 is 1.03 bits per heavy atom. The highest BCUT2D eigenvalue weighted by Crippen LogP contribution is 2.24. The second-order valence-electron chi connectivity index (χ2n) is 8.04. The Labute approximate surface area is 200 Å². The first-order valence-electron chi connectivity index (χ1n) is 10.8. The lowest BCUT2D eigenvalue weighted by Crippen LogP contribution is -2.36. The summed E-state index contributed by atoms with van der Waals surface area (Å²) in [4.78, 5) is 35.3. The maximum absolute atomic E-state index is 13.6. The molecule has 3 aromatic carbocycles. The fourth-order valence-electron chi connectivity index (χ4n) is 4.11. The number of carbonyl (C=O) groups excluding carboxylic acids is 1. The highest BCUT2D eigenvalue weighted by Gasteiger charge is 2.20. The number of rotatable bonds is 6. The van der Waals surface area contributed by atoms with Gasteiger partial charge in [-0.3, -0.25) is 13.9 Å². The molecule has 0 unspecified atom stereocenters. The molecule has 0 aliphatic carbocycles. The molecule has 0 spiro atoms.